The van der Waals surface area contributed by atoms with E-state index in [4.69, 9.17) is 19.6 Å². The summed E-state index contributed by atoms with van der Waals surface area (Å²) in [7, 11) is 4.91. The van der Waals surface area contributed by atoms with Crippen LogP contribution in [-0.2, 0) is 6.54 Å². The van der Waals surface area contributed by atoms with Crippen molar-refractivity contribution in [1.29, 1.82) is 5.41 Å². The second kappa shape index (κ2) is 12.9. The number of carbonyl (C=O) groups excluding carboxylic acids is 1. The molecule has 1 amide bonds. The summed E-state index contributed by atoms with van der Waals surface area (Å²) in [5.41, 5.74) is 3.97. The summed E-state index contributed by atoms with van der Waals surface area (Å²) in [6, 6.07) is 11.5. The van der Waals surface area contributed by atoms with E-state index in [9.17, 15) is 4.79 Å². The van der Waals surface area contributed by atoms with Crippen LogP contribution in [-0.4, -0.2) is 57.0 Å². The lowest BCUT2D eigenvalue weighted by Gasteiger charge is -2.23. The van der Waals surface area contributed by atoms with Gasteiger partial charge in [-0.3, -0.25) is 15.0 Å². The monoisotopic (exact) mass is 551 g/mol. The fraction of sp³-hybridized carbons (Fsp3) is 0.500. The fourth-order valence-electron chi connectivity index (χ4n) is 4.58. The highest BCUT2D eigenvalue weighted by molar-refractivity contribution is 5.97. The Morgan fingerprint density at radius 2 is 1.60 bits per heavy atom. The maximum absolute atomic E-state index is 13.1. The molecular weight excluding hydrogens is 504 g/mol. The molecule has 0 spiro atoms. The van der Waals surface area contributed by atoms with Crippen LogP contribution < -0.4 is 24.8 Å². The zero-order valence-electron chi connectivity index (χ0n) is 25.6. The van der Waals surface area contributed by atoms with Gasteiger partial charge in [0.15, 0.2) is 0 Å². The Morgan fingerprint density at radius 1 is 1.00 bits per heavy atom. The SMILES string of the molecule is COc1cc(OC)c(CN2CCC(NC(=O)c3ccc([NH2+]C(=CC(=N)C(C)(C)C)C(C)(C)C)cc3)C2)c(OC)c1. The Bertz CT molecular complexity index is 1200. The molecule has 218 valence electrons. The highest BCUT2D eigenvalue weighted by Gasteiger charge is 2.28. The average Bonchev–Trinajstić information content (AvgIpc) is 3.34. The lowest BCUT2D eigenvalue weighted by atomic mass is 9.85. The van der Waals surface area contributed by atoms with Crippen LogP contribution in [0.1, 0.15) is 63.9 Å². The standard InChI is InChI=1S/C32H46N4O4/c1-31(2,3)28(33)18-29(32(4,5)6)34-22-12-10-21(11-13-22)30(37)35-23-14-15-36(19-23)20-25-26(39-8)16-24(38-7)17-27(25)40-9/h10-13,16-18,23,33-34H,14-15,19-20H2,1-9H3,(H,35,37)/p+1. The van der Waals surface area contributed by atoms with Crippen molar-refractivity contribution in [2.75, 3.05) is 34.4 Å². The summed E-state index contributed by atoms with van der Waals surface area (Å²) >= 11 is 0. The lowest BCUT2D eigenvalue weighted by molar-refractivity contribution is -0.529. The van der Waals surface area contributed by atoms with Crippen LogP contribution in [0, 0.1) is 16.2 Å². The molecule has 1 saturated heterocycles. The zero-order valence-corrected chi connectivity index (χ0v) is 25.6. The van der Waals surface area contributed by atoms with Crippen molar-refractivity contribution < 1.29 is 24.3 Å². The third-order valence-corrected chi connectivity index (χ3v) is 7.28. The maximum Gasteiger partial charge on any atom is 0.251 e. The minimum atomic E-state index is -0.213. The molecule has 1 atom stereocenters. The molecule has 1 aliphatic heterocycles. The van der Waals surface area contributed by atoms with Crippen LogP contribution in [0.2, 0.25) is 0 Å². The largest absolute Gasteiger partial charge is 0.496 e. The molecule has 2 aromatic carbocycles. The number of nitrogens with one attached hydrogen (secondary N) is 2. The number of carbonyl (C=O) groups is 1. The van der Waals surface area contributed by atoms with Gasteiger partial charge in [0.1, 0.15) is 28.6 Å². The van der Waals surface area contributed by atoms with Crippen LogP contribution in [0.25, 0.3) is 0 Å². The molecule has 40 heavy (non-hydrogen) atoms. The first-order chi connectivity index (χ1) is 18.7. The quantitative estimate of drug-likeness (QED) is 0.288. The molecule has 1 unspecified atom stereocenters. The van der Waals surface area contributed by atoms with Gasteiger partial charge < -0.3 is 24.9 Å². The smallest absolute Gasteiger partial charge is 0.251 e. The number of quaternary nitrogens is 1. The van der Waals surface area contributed by atoms with Crippen molar-refractivity contribution in [1.82, 2.24) is 10.2 Å². The van der Waals surface area contributed by atoms with Gasteiger partial charge >= 0.3 is 0 Å². The Labute approximate surface area is 239 Å². The molecular formula is C32H47N4O4+. The van der Waals surface area contributed by atoms with Crippen molar-refractivity contribution in [2.45, 2.75) is 60.5 Å². The van der Waals surface area contributed by atoms with E-state index in [2.05, 4.69) is 57.1 Å². The second-order valence-corrected chi connectivity index (χ2v) is 12.5. The number of hydrogen-bond donors (Lipinski definition) is 3. The van der Waals surface area contributed by atoms with Crippen molar-refractivity contribution in [3.05, 3.63) is 59.3 Å². The van der Waals surface area contributed by atoms with E-state index >= 15 is 0 Å². The van der Waals surface area contributed by atoms with Gasteiger partial charge in [0, 0.05) is 78.1 Å². The van der Waals surface area contributed by atoms with E-state index in [1.807, 2.05) is 42.5 Å². The minimum absolute atomic E-state index is 0.0628. The number of benzene rings is 2. The van der Waals surface area contributed by atoms with Gasteiger partial charge in [0.2, 0.25) is 0 Å². The first-order valence-corrected chi connectivity index (χ1v) is 13.8. The molecule has 3 rings (SSSR count). The topological polar surface area (TPSA) is 100 Å². The van der Waals surface area contributed by atoms with Gasteiger partial charge in [0.05, 0.1) is 26.9 Å². The van der Waals surface area contributed by atoms with Crippen molar-refractivity contribution in [3.8, 4) is 17.2 Å². The van der Waals surface area contributed by atoms with Crippen LogP contribution >= 0.6 is 0 Å². The number of nitrogens with zero attached hydrogens (tertiary/aromatic N) is 1. The lowest BCUT2D eigenvalue weighted by Crippen LogP contribution is -2.78. The van der Waals surface area contributed by atoms with Crippen molar-refractivity contribution in [2.24, 2.45) is 10.8 Å². The minimum Gasteiger partial charge on any atom is -0.496 e. The molecule has 1 heterocycles. The molecule has 8 heteroatoms. The number of hydrogen-bond acceptors (Lipinski definition) is 6. The van der Waals surface area contributed by atoms with Crippen molar-refractivity contribution >= 4 is 17.3 Å². The Morgan fingerprint density at radius 3 is 2.10 bits per heavy atom. The van der Waals surface area contributed by atoms with Gasteiger partial charge in [-0.25, -0.2) is 0 Å². The Kier molecular flexibility index (Phi) is 10.0. The van der Waals surface area contributed by atoms with E-state index < -0.39 is 0 Å². The number of methoxy groups -OCH3 is 3. The van der Waals surface area contributed by atoms with Crippen LogP contribution in [0.3, 0.4) is 0 Å². The van der Waals surface area contributed by atoms with Gasteiger partial charge in [-0.2, -0.15) is 0 Å². The van der Waals surface area contributed by atoms with Gasteiger partial charge in [-0.1, -0.05) is 41.5 Å². The predicted molar refractivity (Wildman–Crippen MR) is 160 cm³/mol. The zero-order chi connectivity index (χ0) is 29.7. The molecule has 4 N–H and O–H groups in total. The summed E-state index contributed by atoms with van der Waals surface area (Å²) in [6.45, 7) is 14.9. The van der Waals surface area contributed by atoms with E-state index in [1.165, 1.54) is 0 Å². The number of likely N-dealkylation sites (tertiary alicyclic amines) is 1. The molecule has 0 radical (unpaired) electrons. The Balaban J connectivity index is 1.63. The molecule has 1 aliphatic rings. The van der Waals surface area contributed by atoms with Gasteiger partial charge in [0.25, 0.3) is 5.91 Å². The molecule has 0 bridgehead atoms. The van der Waals surface area contributed by atoms with Crippen LogP contribution in [0.4, 0.5) is 5.69 Å². The summed E-state index contributed by atoms with van der Waals surface area (Å²) in [4.78, 5) is 15.3. The van der Waals surface area contributed by atoms with Gasteiger partial charge in [-0.05, 0) is 18.6 Å². The fourth-order valence-corrected chi connectivity index (χ4v) is 4.58. The predicted octanol–water partition coefficient (Wildman–Crippen LogP) is 4.91. The van der Waals surface area contributed by atoms with E-state index in [1.54, 1.807) is 21.3 Å². The van der Waals surface area contributed by atoms with E-state index in [0.717, 1.165) is 48.0 Å². The summed E-state index contributed by atoms with van der Waals surface area (Å²) < 4.78 is 16.6. The number of allylic oxidation sites excluding steroid dienone is 2. The first-order valence-electron chi connectivity index (χ1n) is 13.8. The number of amides is 1. The maximum atomic E-state index is 13.1. The average molecular weight is 552 g/mol. The highest BCUT2D eigenvalue weighted by Crippen LogP contribution is 2.35. The molecule has 1 fully saturated rings. The summed E-state index contributed by atoms with van der Waals surface area (Å²) in [5.74, 6) is 2.06. The van der Waals surface area contributed by atoms with Crippen LogP contribution in [0.5, 0.6) is 17.2 Å². The van der Waals surface area contributed by atoms with E-state index in [-0.39, 0.29) is 22.8 Å². The molecule has 8 nitrogen and oxygen atoms in total. The first kappa shape index (κ1) is 31.2. The summed E-state index contributed by atoms with van der Waals surface area (Å²) in [6.07, 6.45) is 2.85. The third kappa shape index (κ3) is 8.08. The normalized spacial score (nSPS) is 16.5. The van der Waals surface area contributed by atoms with Crippen LogP contribution in [0.15, 0.2) is 48.2 Å². The number of rotatable bonds is 10. The Hall–Kier alpha value is -3.36. The second-order valence-electron chi connectivity index (χ2n) is 12.5. The number of nitrogens with two attached hydrogens (primary N) is 1. The highest BCUT2D eigenvalue weighted by atomic mass is 16.5. The van der Waals surface area contributed by atoms with E-state index in [0.29, 0.717) is 23.6 Å². The molecule has 0 aromatic heterocycles. The third-order valence-electron chi connectivity index (χ3n) is 7.28. The summed E-state index contributed by atoms with van der Waals surface area (Å²) in [5, 5.41) is 13.8. The van der Waals surface area contributed by atoms with Gasteiger partial charge in [-0.15, -0.1) is 0 Å². The van der Waals surface area contributed by atoms with Crippen molar-refractivity contribution in [3.63, 3.8) is 0 Å². The molecule has 0 aliphatic carbocycles. The molecule has 2 aromatic rings. The number of ether oxygens (including phenoxy) is 3. The molecule has 0 saturated carbocycles.